The molecule has 0 aromatic heterocycles. The number of piperazine rings is 1. The maximum atomic E-state index is 12.0. The van der Waals surface area contributed by atoms with Crippen molar-refractivity contribution in [1.29, 1.82) is 5.26 Å². The van der Waals surface area contributed by atoms with E-state index in [4.69, 9.17) is 15.7 Å². The Morgan fingerprint density at radius 3 is 2.62 bits per heavy atom. The van der Waals surface area contributed by atoms with Crippen LogP contribution in [0.5, 0.6) is 5.75 Å². The van der Waals surface area contributed by atoms with Gasteiger partial charge in [-0.15, -0.1) is 0 Å². The molecule has 2 heterocycles. The van der Waals surface area contributed by atoms with Crippen molar-refractivity contribution in [3.8, 4) is 11.8 Å². The molecular formula is C22H33N5O2. The molecule has 7 heteroatoms. The van der Waals surface area contributed by atoms with E-state index in [1.54, 1.807) is 12.1 Å². The fourth-order valence-electron chi connectivity index (χ4n) is 4.34. The van der Waals surface area contributed by atoms with Crippen LogP contribution in [-0.2, 0) is 4.79 Å². The van der Waals surface area contributed by atoms with Gasteiger partial charge in [0.15, 0.2) is 0 Å². The first-order valence-corrected chi connectivity index (χ1v) is 10.7. The minimum atomic E-state index is 0.0656. The minimum Gasteiger partial charge on any atom is -0.494 e. The van der Waals surface area contributed by atoms with Crippen molar-refractivity contribution in [2.75, 3.05) is 39.3 Å². The lowest BCUT2D eigenvalue weighted by Gasteiger charge is -2.41. The van der Waals surface area contributed by atoms with Crippen LogP contribution in [0.2, 0.25) is 0 Å². The van der Waals surface area contributed by atoms with Crippen molar-refractivity contribution in [1.82, 2.24) is 15.1 Å². The molecule has 7 nitrogen and oxygen atoms in total. The molecule has 29 heavy (non-hydrogen) atoms. The second kappa shape index (κ2) is 10.6. The number of amides is 1. The first-order valence-electron chi connectivity index (χ1n) is 10.7. The quantitative estimate of drug-likeness (QED) is 0.616. The fraction of sp³-hybridized carbons (Fsp3) is 0.636. The Morgan fingerprint density at radius 1 is 1.31 bits per heavy atom. The number of rotatable bonds is 10. The first-order chi connectivity index (χ1) is 14.1. The maximum Gasteiger partial charge on any atom is 0.234 e. The Morgan fingerprint density at radius 2 is 2.00 bits per heavy atom. The third kappa shape index (κ3) is 6.17. The van der Waals surface area contributed by atoms with E-state index in [0.29, 0.717) is 30.8 Å². The summed E-state index contributed by atoms with van der Waals surface area (Å²) in [6, 6.07) is 10.3. The average molecular weight is 400 g/mol. The number of hydrogen-bond donors (Lipinski definition) is 2. The van der Waals surface area contributed by atoms with Gasteiger partial charge in [0.05, 0.1) is 24.8 Å². The highest BCUT2D eigenvalue weighted by molar-refractivity contribution is 5.78. The van der Waals surface area contributed by atoms with Crippen LogP contribution in [0.15, 0.2) is 24.3 Å². The Balaban J connectivity index is 1.39. The summed E-state index contributed by atoms with van der Waals surface area (Å²) >= 11 is 0. The second-order valence-corrected chi connectivity index (χ2v) is 8.16. The summed E-state index contributed by atoms with van der Waals surface area (Å²) < 4.78 is 5.77. The molecule has 0 saturated carbocycles. The van der Waals surface area contributed by atoms with Gasteiger partial charge in [-0.3, -0.25) is 14.6 Å². The Bertz CT molecular complexity index is 688. The van der Waals surface area contributed by atoms with E-state index in [-0.39, 0.29) is 11.9 Å². The number of nitrogens with two attached hydrogens (primary N) is 1. The molecule has 3 unspecified atom stereocenters. The van der Waals surface area contributed by atoms with Gasteiger partial charge in [-0.25, -0.2) is 0 Å². The van der Waals surface area contributed by atoms with E-state index in [0.717, 1.165) is 44.8 Å². The summed E-state index contributed by atoms with van der Waals surface area (Å²) in [6.07, 6.45) is 4.13. The third-order valence-corrected chi connectivity index (χ3v) is 5.83. The van der Waals surface area contributed by atoms with Crippen LogP contribution in [0.3, 0.4) is 0 Å². The van der Waals surface area contributed by atoms with Crippen molar-refractivity contribution in [2.45, 2.75) is 50.7 Å². The fourth-order valence-corrected chi connectivity index (χ4v) is 4.34. The molecule has 158 valence electrons. The Kier molecular flexibility index (Phi) is 7.87. The number of ether oxygens (including phenoxy) is 1. The van der Waals surface area contributed by atoms with Gasteiger partial charge in [-0.2, -0.15) is 5.26 Å². The SMILES string of the molecule is CCCNC(=O)CN1CC2CCC(C1)N2CC(N)CCOc1ccc(C#N)cc1. The van der Waals surface area contributed by atoms with Gasteiger partial charge in [0.1, 0.15) is 5.75 Å². The predicted molar refractivity (Wildman–Crippen MR) is 113 cm³/mol. The molecule has 2 aliphatic heterocycles. The number of likely N-dealkylation sites (tertiary alicyclic amines) is 1. The zero-order chi connectivity index (χ0) is 20.6. The predicted octanol–water partition coefficient (Wildman–Crippen LogP) is 1.33. The summed E-state index contributed by atoms with van der Waals surface area (Å²) in [4.78, 5) is 16.9. The van der Waals surface area contributed by atoms with Gasteiger partial charge in [0.2, 0.25) is 5.91 Å². The molecule has 0 spiro atoms. The summed E-state index contributed by atoms with van der Waals surface area (Å²) in [5.74, 6) is 0.905. The maximum absolute atomic E-state index is 12.0. The molecule has 3 rings (SSSR count). The highest BCUT2D eigenvalue weighted by atomic mass is 16.5. The zero-order valence-corrected chi connectivity index (χ0v) is 17.3. The Hall–Kier alpha value is -2.14. The van der Waals surface area contributed by atoms with E-state index in [2.05, 4.69) is 28.1 Å². The lowest BCUT2D eigenvalue weighted by Crippen LogP contribution is -2.57. The largest absolute Gasteiger partial charge is 0.494 e. The van der Waals surface area contributed by atoms with Crippen LogP contribution in [0, 0.1) is 11.3 Å². The van der Waals surface area contributed by atoms with Crippen molar-refractivity contribution in [3.63, 3.8) is 0 Å². The van der Waals surface area contributed by atoms with Gasteiger partial charge in [0.25, 0.3) is 0 Å². The number of nitriles is 1. The lowest BCUT2D eigenvalue weighted by atomic mass is 10.1. The van der Waals surface area contributed by atoms with Crippen LogP contribution in [0.4, 0.5) is 0 Å². The topological polar surface area (TPSA) is 94.6 Å². The highest BCUT2D eigenvalue weighted by Crippen LogP contribution is 2.30. The van der Waals surface area contributed by atoms with Gasteiger partial charge in [0, 0.05) is 44.3 Å². The summed E-state index contributed by atoms with van der Waals surface area (Å²) in [5, 5.41) is 11.8. The molecule has 2 aliphatic rings. The molecular weight excluding hydrogens is 366 g/mol. The number of nitrogens with one attached hydrogen (secondary N) is 1. The number of fused-ring (bicyclic) bond motifs is 2. The molecule has 3 atom stereocenters. The average Bonchev–Trinajstić information content (AvgIpc) is 2.95. The molecule has 2 fully saturated rings. The van der Waals surface area contributed by atoms with Gasteiger partial charge in [-0.05, 0) is 49.9 Å². The first kappa shape index (κ1) is 21.6. The molecule has 2 bridgehead atoms. The smallest absolute Gasteiger partial charge is 0.234 e. The third-order valence-electron chi connectivity index (χ3n) is 5.83. The van der Waals surface area contributed by atoms with E-state index >= 15 is 0 Å². The van der Waals surface area contributed by atoms with Crippen molar-refractivity contribution in [2.24, 2.45) is 5.73 Å². The zero-order valence-electron chi connectivity index (χ0n) is 17.3. The van der Waals surface area contributed by atoms with Crippen LogP contribution >= 0.6 is 0 Å². The number of nitrogens with zero attached hydrogens (tertiary/aromatic N) is 3. The lowest BCUT2D eigenvalue weighted by molar-refractivity contribution is -0.123. The monoisotopic (exact) mass is 399 g/mol. The molecule has 3 N–H and O–H groups in total. The van der Waals surface area contributed by atoms with E-state index in [1.807, 2.05) is 12.1 Å². The summed E-state index contributed by atoms with van der Waals surface area (Å²) in [6.45, 7) is 6.67. The standard InChI is InChI=1S/C22H33N5O2/c1-2-10-25-22(28)16-26-14-19-5-6-20(15-26)27(19)13-18(24)9-11-29-21-7-3-17(12-23)4-8-21/h3-4,7-8,18-20H,2,5-6,9-11,13-16,24H2,1H3,(H,25,28). The van der Waals surface area contributed by atoms with Crippen molar-refractivity contribution in [3.05, 3.63) is 29.8 Å². The number of carbonyl (C=O) groups excluding carboxylic acids is 1. The van der Waals surface area contributed by atoms with E-state index in [1.165, 1.54) is 12.8 Å². The number of benzene rings is 1. The molecule has 2 saturated heterocycles. The van der Waals surface area contributed by atoms with Crippen molar-refractivity contribution < 1.29 is 9.53 Å². The molecule has 1 aromatic rings. The normalized spacial score (nSPS) is 22.8. The molecule has 1 amide bonds. The second-order valence-electron chi connectivity index (χ2n) is 8.16. The van der Waals surface area contributed by atoms with Crippen LogP contribution < -0.4 is 15.8 Å². The van der Waals surface area contributed by atoms with Crippen LogP contribution in [0.25, 0.3) is 0 Å². The van der Waals surface area contributed by atoms with Gasteiger partial charge in [-0.1, -0.05) is 6.92 Å². The van der Waals surface area contributed by atoms with E-state index < -0.39 is 0 Å². The molecule has 0 aliphatic carbocycles. The van der Waals surface area contributed by atoms with Crippen LogP contribution in [-0.4, -0.2) is 73.2 Å². The summed E-state index contributed by atoms with van der Waals surface area (Å²) in [7, 11) is 0. The molecule has 0 radical (unpaired) electrons. The highest BCUT2D eigenvalue weighted by Gasteiger charge is 2.40. The summed E-state index contributed by atoms with van der Waals surface area (Å²) in [5.41, 5.74) is 7.03. The van der Waals surface area contributed by atoms with Gasteiger partial charge < -0.3 is 15.8 Å². The van der Waals surface area contributed by atoms with Crippen molar-refractivity contribution >= 4 is 5.91 Å². The molecule has 1 aromatic carbocycles. The van der Waals surface area contributed by atoms with Crippen LogP contribution in [0.1, 0.15) is 38.2 Å². The van der Waals surface area contributed by atoms with Gasteiger partial charge >= 0.3 is 0 Å². The Labute approximate surface area is 173 Å². The minimum absolute atomic E-state index is 0.0656. The van der Waals surface area contributed by atoms with E-state index in [9.17, 15) is 4.79 Å². The number of carbonyl (C=O) groups is 1. The number of hydrogen-bond acceptors (Lipinski definition) is 6.